The monoisotopic (exact) mass is 364 g/mol. The highest BCUT2D eigenvalue weighted by Crippen LogP contribution is 2.36. The van der Waals surface area contributed by atoms with Crippen LogP contribution in [0.3, 0.4) is 0 Å². The summed E-state index contributed by atoms with van der Waals surface area (Å²) in [6.07, 6.45) is 0. The minimum atomic E-state index is -0.361. The van der Waals surface area contributed by atoms with Crippen LogP contribution in [0.5, 0.6) is 0 Å². The maximum atomic E-state index is 13.3. The molecule has 0 unspecified atom stereocenters. The number of nitrogens with zero attached hydrogens (tertiary/aromatic N) is 2. The van der Waals surface area contributed by atoms with Crippen LogP contribution >= 0.6 is 0 Å². The minimum absolute atomic E-state index is 0.105. The molecule has 0 saturated heterocycles. The van der Waals surface area contributed by atoms with Crippen molar-refractivity contribution in [1.82, 2.24) is 4.90 Å². The zero-order valence-corrected chi connectivity index (χ0v) is 16.1. The largest absolute Gasteiger partial charge is 0.395 e. The third kappa shape index (κ3) is 3.26. The van der Waals surface area contributed by atoms with Gasteiger partial charge in [-0.1, -0.05) is 42.0 Å². The van der Waals surface area contributed by atoms with Crippen molar-refractivity contribution >= 4 is 23.1 Å². The van der Waals surface area contributed by atoms with Gasteiger partial charge in [0.25, 0.3) is 11.8 Å². The van der Waals surface area contributed by atoms with Gasteiger partial charge in [0, 0.05) is 13.6 Å². The standard InChI is InChI=1S/C22H24N2O3/c1-14-8-10-17(11-9-14)19-20(23(4)12-13-25)22(27)24(21(19)26)18-7-5-6-15(2)16(18)3/h5-11,25H,12-13H2,1-4H3. The van der Waals surface area contributed by atoms with Crippen LogP contribution in [-0.4, -0.2) is 42.0 Å². The highest BCUT2D eigenvalue weighted by atomic mass is 16.3. The number of amides is 2. The molecule has 0 radical (unpaired) electrons. The van der Waals surface area contributed by atoms with Crippen LogP contribution in [-0.2, 0) is 9.59 Å². The lowest BCUT2D eigenvalue weighted by atomic mass is 10.0. The number of rotatable bonds is 5. The summed E-state index contributed by atoms with van der Waals surface area (Å²) in [6, 6.07) is 13.1. The van der Waals surface area contributed by atoms with E-state index in [0.29, 0.717) is 22.5 Å². The zero-order chi connectivity index (χ0) is 19.7. The van der Waals surface area contributed by atoms with Crippen LogP contribution in [0, 0.1) is 20.8 Å². The maximum Gasteiger partial charge on any atom is 0.282 e. The number of likely N-dealkylation sites (N-methyl/N-ethyl adjacent to an activating group) is 1. The van der Waals surface area contributed by atoms with Crippen molar-refractivity contribution in [3.05, 3.63) is 70.4 Å². The van der Waals surface area contributed by atoms with Gasteiger partial charge in [0.2, 0.25) is 0 Å². The molecule has 2 aromatic carbocycles. The summed E-state index contributed by atoms with van der Waals surface area (Å²) >= 11 is 0. The average Bonchev–Trinajstić information content (AvgIpc) is 2.89. The number of imide groups is 1. The Hall–Kier alpha value is -2.92. The van der Waals surface area contributed by atoms with E-state index < -0.39 is 0 Å². The number of anilines is 1. The lowest BCUT2D eigenvalue weighted by molar-refractivity contribution is -0.120. The highest BCUT2D eigenvalue weighted by Gasteiger charge is 2.42. The number of carbonyl (C=O) groups excluding carboxylic acids is 2. The Bertz CT molecular complexity index is 929. The summed E-state index contributed by atoms with van der Waals surface area (Å²) in [4.78, 5) is 29.5. The summed E-state index contributed by atoms with van der Waals surface area (Å²) in [7, 11) is 1.72. The second-order valence-electron chi connectivity index (χ2n) is 6.90. The molecule has 0 spiro atoms. The summed E-state index contributed by atoms with van der Waals surface area (Å²) in [5, 5.41) is 9.33. The molecule has 0 atom stereocenters. The molecule has 0 aromatic heterocycles. The van der Waals surface area contributed by atoms with Gasteiger partial charge >= 0.3 is 0 Å². The van der Waals surface area contributed by atoms with E-state index in [1.54, 1.807) is 18.0 Å². The predicted octanol–water partition coefficient (Wildman–Crippen LogP) is 2.82. The fourth-order valence-corrected chi connectivity index (χ4v) is 3.31. The number of aryl methyl sites for hydroxylation is 2. The van der Waals surface area contributed by atoms with E-state index in [2.05, 4.69) is 0 Å². The molecule has 1 heterocycles. The van der Waals surface area contributed by atoms with Gasteiger partial charge < -0.3 is 10.0 Å². The first-order chi connectivity index (χ1) is 12.9. The van der Waals surface area contributed by atoms with Gasteiger partial charge in [0.15, 0.2) is 0 Å². The Kier molecular flexibility index (Phi) is 5.15. The van der Waals surface area contributed by atoms with Crippen molar-refractivity contribution in [2.75, 3.05) is 25.1 Å². The molecule has 2 aromatic rings. The van der Waals surface area contributed by atoms with Crippen LogP contribution in [0.2, 0.25) is 0 Å². The van der Waals surface area contributed by atoms with Gasteiger partial charge in [-0.05, 0) is 43.5 Å². The summed E-state index contributed by atoms with van der Waals surface area (Å²) in [5.74, 6) is -0.697. The number of carbonyl (C=O) groups is 2. The number of benzene rings is 2. The van der Waals surface area contributed by atoms with Crippen molar-refractivity contribution < 1.29 is 14.7 Å². The van der Waals surface area contributed by atoms with E-state index in [4.69, 9.17) is 0 Å². The smallest absolute Gasteiger partial charge is 0.282 e. The van der Waals surface area contributed by atoms with Gasteiger partial charge in [-0.25, -0.2) is 4.90 Å². The van der Waals surface area contributed by atoms with E-state index in [0.717, 1.165) is 16.7 Å². The molecule has 5 nitrogen and oxygen atoms in total. The Morgan fingerprint density at radius 1 is 0.963 bits per heavy atom. The fraction of sp³-hybridized carbons (Fsp3) is 0.273. The third-order valence-electron chi connectivity index (χ3n) is 5.03. The second-order valence-corrected chi connectivity index (χ2v) is 6.90. The fourth-order valence-electron chi connectivity index (χ4n) is 3.31. The summed E-state index contributed by atoms with van der Waals surface area (Å²) < 4.78 is 0. The van der Waals surface area contributed by atoms with E-state index >= 15 is 0 Å². The molecule has 27 heavy (non-hydrogen) atoms. The molecular weight excluding hydrogens is 340 g/mol. The van der Waals surface area contributed by atoms with Gasteiger partial charge in [0.1, 0.15) is 5.70 Å². The number of aliphatic hydroxyl groups is 1. The van der Waals surface area contributed by atoms with E-state index in [-0.39, 0.29) is 25.0 Å². The molecule has 0 saturated carbocycles. The molecule has 0 aliphatic carbocycles. The lowest BCUT2D eigenvalue weighted by Gasteiger charge is -2.21. The molecule has 140 valence electrons. The topological polar surface area (TPSA) is 60.9 Å². The first-order valence-corrected chi connectivity index (χ1v) is 8.95. The normalized spacial score (nSPS) is 14.3. The van der Waals surface area contributed by atoms with Crippen molar-refractivity contribution in [2.45, 2.75) is 20.8 Å². The SMILES string of the molecule is Cc1ccc(C2=C(N(C)CCO)C(=O)N(c3cccc(C)c3C)C2=O)cc1. The van der Waals surface area contributed by atoms with Gasteiger partial charge in [-0.15, -0.1) is 0 Å². The first kappa shape index (κ1) is 18.9. The van der Waals surface area contributed by atoms with Crippen LogP contribution < -0.4 is 4.90 Å². The van der Waals surface area contributed by atoms with Crippen LogP contribution in [0.25, 0.3) is 5.57 Å². The van der Waals surface area contributed by atoms with Gasteiger partial charge in [-0.3, -0.25) is 9.59 Å². The summed E-state index contributed by atoms with van der Waals surface area (Å²) in [5.41, 5.74) is 4.98. The number of hydrogen-bond acceptors (Lipinski definition) is 4. The first-order valence-electron chi connectivity index (χ1n) is 8.95. The van der Waals surface area contributed by atoms with Gasteiger partial charge in [-0.2, -0.15) is 0 Å². The molecule has 3 rings (SSSR count). The molecule has 1 N–H and O–H groups in total. The average molecular weight is 364 g/mol. The van der Waals surface area contributed by atoms with Crippen LogP contribution in [0.15, 0.2) is 48.2 Å². The Labute approximate surface area is 159 Å². The summed E-state index contributed by atoms with van der Waals surface area (Å²) in [6.45, 7) is 6.00. The molecule has 0 fully saturated rings. The van der Waals surface area contributed by atoms with E-state index in [1.165, 1.54) is 4.90 Å². The van der Waals surface area contributed by atoms with E-state index in [9.17, 15) is 14.7 Å². The Morgan fingerprint density at radius 2 is 1.63 bits per heavy atom. The third-order valence-corrected chi connectivity index (χ3v) is 5.03. The predicted molar refractivity (Wildman–Crippen MR) is 106 cm³/mol. The van der Waals surface area contributed by atoms with Crippen molar-refractivity contribution in [2.24, 2.45) is 0 Å². The number of hydrogen-bond donors (Lipinski definition) is 1. The highest BCUT2D eigenvalue weighted by molar-refractivity contribution is 6.45. The molecule has 0 bridgehead atoms. The lowest BCUT2D eigenvalue weighted by Crippen LogP contribution is -2.35. The van der Waals surface area contributed by atoms with Crippen molar-refractivity contribution in [3.8, 4) is 0 Å². The molecule has 1 aliphatic rings. The second kappa shape index (κ2) is 7.37. The molecule has 1 aliphatic heterocycles. The number of aliphatic hydroxyl groups excluding tert-OH is 1. The Morgan fingerprint density at radius 3 is 2.26 bits per heavy atom. The molecule has 5 heteroatoms. The molecular formula is C22H24N2O3. The van der Waals surface area contributed by atoms with Gasteiger partial charge in [0.05, 0.1) is 17.9 Å². The Balaban J connectivity index is 2.16. The van der Waals surface area contributed by atoms with Crippen molar-refractivity contribution in [3.63, 3.8) is 0 Å². The quantitative estimate of drug-likeness (QED) is 0.829. The zero-order valence-electron chi connectivity index (χ0n) is 16.1. The van der Waals surface area contributed by atoms with Crippen molar-refractivity contribution in [1.29, 1.82) is 0 Å². The molecule has 2 amide bonds. The maximum absolute atomic E-state index is 13.3. The van der Waals surface area contributed by atoms with E-state index in [1.807, 2.05) is 57.2 Å². The minimum Gasteiger partial charge on any atom is -0.395 e. The van der Waals surface area contributed by atoms with Crippen LogP contribution in [0.4, 0.5) is 5.69 Å². The van der Waals surface area contributed by atoms with Crippen LogP contribution in [0.1, 0.15) is 22.3 Å².